The van der Waals surface area contributed by atoms with E-state index in [2.05, 4.69) is 38.5 Å². The minimum Gasteiger partial charge on any atom is -0.449 e. The van der Waals surface area contributed by atoms with Crippen molar-refractivity contribution in [3.8, 4) is 22.6 Å². The molecule has 34 heavy (non-hydrogen) atoms. The monoisotopic (exact) mass is 468 g/mol. The van der Waals surface area contributed by atoms with Gasteiger partial charge in [-0.15, -0.1) is 11.3 Å². The Kier molecular flexibility index (Phi) is 5.88. The number of benzene rings is 3. The fourth-order valence-electron chi connectivity index (χ4n) is 3.49. The van der Waals surface area contributed by atoms with E-state index in [9.17, 15) is 9.59 Å². The Morgan fingerprint density at radius 3 is 2.53 bits per heavy atom. The second-order valence-corrected chi connectivity index (χ2v) is 8.51. The van der Waals surface area contributed by atoms with E-state index in [0.29, 0.717) is 16.5 Å². The number of thiazole rings is 1. The van der Waals surface area contributed by atoms with Crippen molar-refractivity contribution in [2.75, 3.05) is 5.32 Å². The summed E-state index contributed by atoms with van der Waals surface area (Å²) in [4.78, 5) is 36.7. The molecular formula is C26H20N4O3S. The number of nitrogens with one attached hydrogen (secondary N) is 2. The van der Waals surface area contributed by atoms with Crippen molar-refractivity contribution in [3.63, 3.8) is 0 Å². The molecule has 0 aliphatic rings. The van der Waals surface area contributed by atoms with Crippen LogP contribution in [-0.2, 0) is 9.53 Å². The number of ether oxygens (including phenoxy) is 1. The Morgan fingerprint density at radius 2 is 1.76 bits per heavy atom. The maximum atomic E-state index is 12.6. The van der Waals surface area contributed by atoms with Crippen LogP contribution in [0.1, 0.15) is 17.3 Å². The molecule has 2 aromatic heterocycles. The van der Waals surface area contributed by atoms with Gasteiger partial charge in [-0.25, -0.2) is 14.8 Å². The highest BCUT2D eigenvalue weighted by Crippen LogP contribution is 2.28. The molecule has 3 aromatic carbocycles. The first-order valence-corrected chi connectivity index (χ1v) is 11.5. The van der Waals surface area contributed by atoms with Gasteiger partial charge in [0.25, 0.3) is 5.91 Å². The summed E-state index contributed by atoms with van der Waals surface area (Å²) in [6.45, 7) is 1.53. The van der Waals surface area contributed by atoms with E-state index in [1.807, 2.05) is 29.6 Å². The van der Waals surface area contributed by atoms with Gasteiger partial charge in [0.05, 0.1) is 11.3 Å². The number of fused-ring (bicyclic) bond motifs is 1. The number of esters is 1. The lowest BCUT2D eigenvalue weighted by Gasteiger charge is -2.12. The van der Waals surface area contributed by atoms with Gasteiger partial charge in [0.15, 0.2) is 11.2 Å². The number of carbonyl (C=O) groups excluding carboxylic acids is 2. The number of aromatic nitrogens is 3. The minimum atomic E-state index is -0.981. The van der Waals surface area contributed by atoms with Crippen molar-refractivity contribution >= 4 is 39.1 Å². The first kappa shape index (κ1) is 21.5. The minimum absolute atomic E-state index is 0.350. The first-order valence-electron chi connectivity index (χ1n) is 10.6. The SMILES string of the molecule is CC(OC(=O)c1ccc(-c2ncc[nH]2)cc1)C(=O)Nc1nc(-c2ccc3ccccc3c2)cs1. The van der Waals surface area contributed by atoms with Crippen molar-refractivity contribution in [2.45, 2.75) is 13.0 Å². The molecule has 0 aliphatic heterocycles. The van der Waals surface area contributed by atoms with Crippen LogP contribution in [0.2, 0.25) is 0 Å². The Hall–Kier alpha value is -4.30. The summed E-state index contributed by atoms with van der Waals surface area (Å²) in [5.41, 5.74) is 2.93. The molecule has 1 unspecified atom stereocenters. The fourth-order valence-corrected chi connectivity index (χ4v) is 4.21. The third-order valence-electron chi connectivity index (χ3n) is 5.32. The number of rotatable bonds is 6. The third kappa shape index (κ3) is 4.57. The summed E-state index contributed by atoms with van der Waals surface area (Å²) < 4.78 is 5.34. The number of hydrogen-bond donors (Lipinski definition) is 2. The Morgan fingerprint density at radius 1 is 1.00 bits per heavy atom. The molecule has 0 saturated carbocycles. The molecular weight excluding hydrogens is 448 g/mol. The molecule has 5 aromatic rings. The zero-order valence-corrected chi connectivity index (χ0v) is 19.0. The third-order valence-corrected chi connectivity index (χ3v) is 6.08. The number of anilines is 1. The summed E-state index contributed by atoms with van der Waals surface area (Å²) >= 11 is 1.32. The van der Waals surface area contributed by atoms with Crippen LogP contribution in [0.15, 0.2) is 84.5 Å². The van der Waals surface area contributed by atoms with Gasteiger partial charge in [0.2, 0.25) is 0 Å². The van der Waals surface area contributed by atoms with E-state index in [-0.39, 0.29) is 0 Å². The standard InChI is InChI=1S/C26H20N4O3S/c1-16(33-25(32)19-9-7-18(8-10-19)23-27-12-13-28-23)24(31)30-26-29-22(15-34-26)21-11-6-17-4-2-3-5-20(17)14-21/h2-16H,1H3,(H,27,28)(H,29,30,31). The van der Waals surface area contributed by atoms with E-state index in [1.165, 1.54) is 18.3 Å². The summed E-state index contributed by atoms with van der Waals surface area (Å²) in [6.07, 6.45) is 2.40. The zero-order valence-electron chi connectivity index (χ0n) is 18.2. The molecule has 1 atom stereocenters. The van der Waals surface area contributed by atoms with Gasteiger partial charge in [-0.2, -0.15) is 0 Å². The average Bonchev–Trinajstić information content (AvgIpc) is 3.56. The Labute approximate surface area is 199 Å². The normalized spacial score (nSPS) is 11.8. The predicted molar refractivity (Wildman–Crippen MR) is 133 cm³/mol. The predicted octanol–water partition coefficient (Wildman–Crippen LogP) is 5.54. The molecule has 0 fully saturated rings. The van der Waals surface area contributed by atoms with Crippen LogP contribution >= 0.6 is 11.3 Å². The summed E-state index contributed by atoms with van der Waals surface area (Å²) in [6, 6.07) is 21.0. The van der Waals surface area contributed by atoms with Crippen molar-refractivity contribution in [1.29, 1.82) is 0 Å². The maximum Gasteiger partial charge on any atom is 0.338 e. The topological polar surface area (TPSA) is 97.0 Å². The highest BCUT2D eigenvalue weighted by molar-refractivity contribution is 7.14. The van der Waals surface area contributed by atoms with Gasteiger partial charge in [-0.1, -0.05) is 48.5 Å². The maximum absolute atomic E-state index is 12.6. The fraction of sp³-hybridized carbons (Fsp3) is 0.0769. The number of hydrogen-bond acceptors (Lipinski definition) is 6. The second kappa shape index (κ2) is 9.29. The quantitative estimate of drug-likeness (QED) is 0.319. The highest BCUT2D eigenvalue weighted by Gasteiger charge is 2.20. The van der Waals surface area contributed by atoms with E-state index < -0.39 is 18.0 Å². The molecule has 0 radical (unpaired) electrons. The summed E-state index contributed by atoms with van der Waals surface area (Å²) in [5, 5.41) is 7.34. The second-order valence-electron chi connectivity index (χ2n) is 7.65. The zero-order chi connectivity index (χ0) is 23.5. The van der Waals surface area contributed by atoms with E-state index in [4.69, 9.17) is 4.74 Å². The molecule has 2 N–H and O–H groups in total. The van der Waals surface area contributed by atoms with Crippen molar-refractivity contribution < 1.29 is 14.3 Å². The lowest BCUT2D eigenvalue weighted by molar-refractivity contribution is -0.123. The van der Waals surface area contributed by atoms with Crippen LogP contribution in [0.3, 0.4) is 0 Å². The van der Waals surface area contributed by atoms with Crippen molar-refractivity contribution in [2.24, 2.45) is 0 Å². The van der Waals surface area contributed by atoms with Gasteiger partial charge >= 0.3 is 5.97 Å². The smallest absolute Gasteiger partial charge is 0.338 e. The Balaban J connectivity index is 1.21. The van der Waals surface area contributed by atoms with E-state index in [1.54, 1.807) is 36.7 Å². The molecule has 0 spiro atoms. The molecule has 168 valence electrons. The van der Waals surface area contributed by atoms with Gasteiger partial charge in [0.1, 0.15) is 5.82 Å². The number of nitrogens with zero attached hydrogens (tertiary/aromatic N) is 2. The number of H-pyrrole nitrogens is 1. The molecule has 0 saturated heterocycles. The van der Waals surface area contributed by atoms with Gasteiger partial charge < -0.3 is 9.72 Å². The molecule has 1 amide bonds. The van der Waals surface area contributed by atoms with Crippen LogP contribution in [0.4, 0.5) is 5.13 Å². The van der Waals surface area contributed by atoms with Crippen LogP contribution < -0.4 is 5.32 Å². The van der Waals surface area contributed by atoms with Crippen molar-refractivity contribution in [3.05, 3.63) is 90.1 Å². The number of carbonyl (C=O) groups is 2. The van der Waals surface area contributed by atoms with Crippen LogP contribution in [0.25, 0.3) is 33.4 Å². The first-order chi connectivity index (χ1) is 16.6. The van der Waals surface area contributed by atoms with Crippen molar-refractivity contribution in [1.82, 2.24) is 15.0 Å². The largest absolute Gasteiger partial charge is 0.449 e. The lowest BCUT2D eigenvalue weighted by atomic mass is 10.1. The number of imidazole rings is 1. The number of amides is 1. The number of aromatic amines is 1. The van der Waals surface area contributed by atoms with Crippen LogP contribution in [0.5, 0.6) is 0 Å². The summed E-state index contributed by atoms with van der Waals surface area (Å²) in [7, 11) is 0. The van der Waals surface area contributed by atoms with Gasteiger partial charge in [-0.3, -0.25) is 10.1 Å². The average molecular weight is 469 g/mol. The van der Waals surface area contributed by atoms with Gasteiger partial charge in [0, 0.05) is 28.9 Å². The highest BCUT2D eigenvalue weighted by atomic mass is 32.1. The van der Waals surface area contributed by atoms with Gasteiger partial charge in [-0.05, 0) is 35.9 Å². The van der Waals surface area contributed by atoms with E-state index in [0.717, 1.165) is 27.6 Å². The van der Waals surface area contributed by atoms with Crippen LogP contribution in [0, 0.1) is 0 Å². The molecule has 5 rings (SSSR count). The lowest BCUT2D eigenvalue weighted by Crippen LogP contribution is -2.29. The summed E-state index contributed by atoms with van der Waals surface area (Å²) in [5.74, 6) is -0.316. The van der Waals surface area contributed by atoms with Crippen LogP contribution in [-0.4, -0.2) is 32.9 Å². The molecule has 8 heteroatoms. The Bertz CT molecular complexity index is 1460. The molecule has 0 aliphatic carbocycles. The molecule has 7 nitrogen and oxygen atoms in total. The molecule has 2 heterocycles. The van der Waals surface area contributed by atoms with E-state index >= 15 is 0 Å². The molecule has 0 bridgehead atoms.